The van der Waals surface area contributed by atoms with Gasteiger partial charge in [0.15, 0.2) is 0 Å². The predicted octanol–water partition coefficient (Wildman–Crippen LogP) is 1.55. The van der Waals surface area contributed by atoms with Gasteiger partial charge in [-0.1, -0.05) is 24.3 Å². The van der Waals surface area contributed by atoms with Crippen LogP contribution >= 0.6 is 0 Å². The fourth-order valence-corrected chi connectivity index (χ4v) is 1.85. The van der Waals surface area contributed by atoms with Gasteiger partial charge in [-0.25, -0.2) is 0 Å². The Morgan fingerprint density at radius 3 is 1.11 bits per heavy atom. The molecule has 0 fully saturated rings. The van der Waals surface area contributed by atoms with Gasteiger partial charge in [-0.2, -0.15) is 0 Å². The van der Waals surface area contributed by atoms with Crippen molar-refractivity contribution in [2.75, 3.05) is 11.5 Å². The van der Waals surface area contributed by atoms with Crippen LogP contribution < -0.4 is 22.9 Å². The maximum atomic E-state index is 6.16. The molecule has 4 heteroatoms. The second-order valence-electron chi connectivity index (χ2n) is 4.38. The lowest BCUT2D eigenvalue weighted by Crippen LogP contribution is -2.26. The predicted molar refractivity (Wildman–Crippen MR) is 75.6 cm³/mol. The van der Waals surface area contributed by atoms with Crippen LogP contribution in [0.5, 0.6) is 0 Å². The summed E-state index contributed by atoms with van der Waals surface area (Å²) in [5.41, 5.74) is 27.0. The van der Waals surface area contributed by atoms with Crippen molar-refractivity contribution < 1.29 is 0 Å². The molecule has 94 valence electrons. The zero-order valence-corrected chi connectivity index (χ0v) is 10.1. The van der Waals surface area contributed by atoms with E-state index in [-0.39, 0.29) is 12.1 Å². The Labute approximate surface area is 107 Å². The highest BCUT2D eigenvalue weighted by Gasteiger charge is 2.16. The molecule has 0 aliphatic carbocycles. The molecule has 0 heterocycles. The summed E-state index contributed by atoms with van der Waals surface area (Å²) in [6.07, 6.45) is 0. The molecule has 0 saturated carbocycles. The Hall–Kier alpha value is -2.04. The molecule has 0 aliphatic rings. The van der Waals surface area contributed by atoms with Crippen molar-refractivity contribution in [3.8, 4) is 0 Å². The zero-order chi connectivity index (χ0) is 13.1. The lowest BCUT2D eigenvalue weighted by atomic mass is 9.94. The molecule has 4 nitrogen and oxygen atoms in total. The van der Waals surface area contributed by atoms with Crippen LogP contribution in [-0.4, -0.2) is 0 Å². The largest absolute Gasteiger partial charge is 0.399 e. The number of benzene rings is 2. The second-order valence-corrected chi connectivity index (χ2v) is 4.38. The Morgan fingerprint density at radius 2 is 0.833 bits per heavy atom. The number of rotatable bonds is 3. The van der Waals surface area contributed by atoms with Crippen molar-refractivity contribution in [3.05, 3.63) is 59.7 Å². The molecular formula is C14H18N4. The van der Waals surface area contributed by atoms with E-state index in [2.05, 4.69) is 0 Å². The van der Waals surface area contributed by atoms with Crippen molar-refractivity contribution >= 4 is 11.4 Å². The molecule has 18 heavy (non-hydrogen) atoms. The first-order valence-electron chi connectivity index (χ1n) is 5.80. The van der Waals surface area contributed by atoms with Gasteiger partial charge in [0.1, 0.15) is 0 Å². The van der Waals surface area contributed by atoms with Crippen LogP contribution in [-0.2, 0) is 0 Å². The van der Waals surface area contributed by atoms with Gasteiger partial charge >= 0.3 is 0 Å². The molecule has 0 radical (unpaired) electrons. The van der Waals surface area contributed by atoms with Gasteiger partial charge in [0.2, 0.25) is 0 Å². The summed E-state index contributed by atoms with van der Waals surface area (Å²) >= 11 is 0. The van der Waals surface area contributed by atoms with E-state index >= 15 is 0 Å². The highest BCUT2D eigenvalue weighted by Crippen LogP contribution is 2.25. The highest BCUT2D eigenvalue weighted by molar-refractivity contribution is 5.43. The Morgan fingerprint density at radius 1 is 0.556 bits per heavy atom. The van der Waals surface area contributed by atoms with E-state index in [0.717, 1.165) is 11.1 Å². The van der Waals surface area contributed by atoms with Gasteiger partial charge in [0.25, 0.3) is 0 Å². The topological polar surface area (TPSA) is 104 Å². The summed E-state index contributed by atoms with van der Waals surface area (Å²) in [7, 11) is 0. The number of nitrogens with two attached hydrogens (primary N) is 4. The number of nitrogen functional groups attached to an aromatic ring is 2. The van der Waals surface area contributed by atoms with E-state index in [1.165, 1.54) is 0 Å². The number of anilines is 2. The zero-order valence-electron chi connectivity index (χ0n) is 10.1. The van der Waals surface area contributed by atoms with E-state index in [1.807, 2.05) is 48.5 Å². The Balaban J connectivity index is 2.20. The monoisotopic (exact) mass is 242 g/mol. The van der Waals surface area contributed by atoms with E-state index in [9.17, 15) is 0 Å². The van der Waals surface area contributed by atoms with Gasteiger partial charge in [0, 0.05) is 23.5 Å². The first-order chi connectivity index (χ1) is 8.58. The minimum atomic E-state index is -0.269. The van der Waals surface area contributed by atoms with Gasteiger partial charge in [-0.05, 0) is 35.4 Å². The molecule has 2 rings (SSSR count). The average molecular weight is 242 g/mol. The van der Waals surface area contributed by atoms with Crippen LogP contribution in [0.25, 0.3) is 0 Å². The molecule has 8 N–H and O–H groups in total. The summed E-state index contributed by atoms with van der Waals surface area (Å²) in [6, 6.07) is 14.4. The molecule has 2 aromatic rings. The summed E-state index contributed by atoms with van der Waals surface area (Å²) < 4.78 is 0. The highest BCUT2D eigenvalue weighted by atomic mass is 14.8. The Bertz CT molecular complexity index is 455. The van der Waals surface area contributed by atoms with Crippen LogP contribution in [0.3, 0.4) is 0 Å². The third kappa shape index (κ3) is 2.61. The van der Waals surface area contributed by atoms with E-state index in [1.54, 1.807) is 0 Å². The minimum absolute atomic E-state index is 0.269. The van der Waals surface area contributed by atoms with Gasteiger partial charge in [-0.3, -0.25) is 0 Å². The SMILES string of the molecule is Nc1ccc(C(N)C(N)c2ccc(N)cc2)cc1. The summed E-state index contributed by atoms with van der Waals surface area (Å²) in [5.74, 6) is 0. The molecule has 0 amide bonds. The first-order valence-corrected chi connectivity index (χ1v) is 5.80. The van der Waals surface area contributed by atoms with E-state index in [0.29, 0.717) is 11.4 Å². The van der Waals surface area contributed by atoms with Crippen LogP contribution in [0.1, 0.15) is 23.2 Å². The fourth-order valence-electron chi connectivity index (χ4n) is 1.85. The van der Waals surface area contributed by atoms with Crippen molar-refractivity contribution in [2.45, 2.75) is 12.1 Å². The quantitative estimate of drug-likeness (QED) is 0.613. The third-order valence-corrected chi connectivity index (χ3v) is 3.03. The summed E-state index contributed by atoms with van der Waals surface area (Å²) in [5, 5.41) is 0. The summed E-state index contributed by atoms with van der Waals surface area (Å²) in [6.45, 7) is 0. The molecule has 2 aromatic carbocycles. The molecular weight excluding hydrogens is 224 g/mol. The summed E-state index contributed by atoms with van der Waals surface area (Å²) in [4.78, 5) is 0. The van der Waals surface area contributed by atoms with Crippen LogP contribution in [0.2, 0.25) is 0 Å². The maximum absolute atomic E-state index is 6.16. The van der Waals surface area contributed by atoms with Gasteiger partial charge < -0.3 is 22.9 Å². The fraction of sp³-hybridized carbons (Fsp3) is 0.143. The average Bonchev–Trinajstić information content (AvgIpc) is 2.39. The van der Waals surface area contributed by atoms with Crippen LogP contribution in [0, 0.1) is 0 Å². The number of hydrogen-bond acceptors (Lipinski definition) is 4. The lowest BCUT2D eigenvalue weighted by molar-refractivity contribution is 0.574. The normalized spacial score (nSPS) is 14.1. The lowest BCUT2D eigenvalue weighted by Gasteiger charge is -2.21. The molecule has 0 aromatic heterocycles. The van der Waals surface area contributed by atoms with Gasteiger partial charge in [-0.15, -0.1) is 0 Å². The van der Waals surface area contributed by atoms with Crippen LogP contribution in [0.4, 0.5) is 11.4 Å². The standard InChI is InChI=1S/C14H18N4/c15-11-5-1-9(2-6-11)13(17)14(18)10-3-7-12(16)8-4-10/h1-8,13-14H,15-18H2. The van der Waals surface area contributed by atoms with Crippen molar-refractivity contribution in [3.63, 3.8) is 0 Å². The van der Waals surface area contributed by atoms with Crippen LogP contribution in [0.15, 0.2) is 48.5 Å². The van der Waals surface area contributed by atoms with E-state index < -0.39 is 0 Å². The molecule has 0 aliphatic heterocycles. The molecule has 0 saturated heterocycles. The molecule has 2 atom stereocenters. The van der Waals surface area contributed by atoms with Gasteiger partial charge in [0.05, 0.1) is 0 Å². The Kier molecular flexibility index (Phi) is 3.50. The molecule has 0 spiro atoms. The maximum Gasteiger partial charge on any atom is 0.0491 e. The van der Waals surface area contributed by atoms with Crippen molar-refractivity contribution in [1.82, 2.24) is 0 Å². The third-order valence-electron chi connectivity index (χ3n) is 3.03. The van der Waals surface area contributed by atoms with Crippen molar-refractivity contribution in [1.29, 1.82) is 0 Å². The minimum Gasteiger partial charge on any atom is -0.399 e. The number of hydrogen-bond donors (Lipinski definition) is 4. The molecule has 2 unspecified atom stereocenters. The first kappa shape index (κ1) is 12.4. The smallest absolute Gasteiger partial charge is 0.0491 e. The van der Waals surface area contributed by atoms with Crippen molar-refractivity contribution in [2.24, 2.45) is 11.5 Å². The molecule has 0 bridgehead atoms. The second kappa shape index (κ2) is 5.08. The van der Waals surface area contributed by atoms with E-state index in [4.69, 9.17) is 22.9 Å².